The number of esters is 2. The fourth-order valence-corrected chi connectivity index (χ4v) is 0.202. The van der Waals surface area contributed by atoms with E-state index in [1.54, 1.807) is 0 Å². The molecule has 0 rings (SSSR count). The van der Waals surface area contributed by atoms with Gasteiger partial charge in [0.25, 0.3) is 0 Å². The largest absolute Gasteiger partial charge is 2.00 e. The molecular formula is C5H10BaO5. The summed E-state index contributed by atoms with van der Waals surface area (Å²) in [5.74, 6) is -2.65. The number of hydrogen-bond acceptors (Lipinski definition) is 4. The zero-order valence-electron chi connectivity index (χ0n) is 8.34. The van der Waals surface area contributed by atoms with Crippen LogP contribution in [-0.2, 0) is 19.1 Å². The Morgan fingerprint density at radius 2 is 1.55 bits per heavy atom. The molecule has 0 aromatic carbocycles. The van der Waals surface area contributed by atoms with Gasteiger partial charge in [-0.2, -0.15) is 0 Å². The minimum absolute atomic E-state index is 0. The summed E-state index contributed by atoms with van der Waals surface area (Å²) in [6.45, 7) is 2.09. The van der Waals surface area contributed by atoms with Crippen molar-refractivity contribution in [2.75, 3.05) is 0 Å². The van der Waals surface area contributed by atoms with E-state index in [9.17, 15) is 14.4 Å². The van der Waals surface area contributed by atoms with Gasteiger partial charge >= 0.3 is 60.8 Å². The predicted octanol–water partition coefficient (Wildman–Crippen LogP) is -1.32. The fraction of sp³-hybridized carbons (Fsp3) is 0.400. The third kappa shape index (κ3) is 10.3. The molecule has 62 valence electrons. The third-order valence-electron chi connectivity index (χ3n) is 0.524. The second kappa shape index (κ2) is 8.44. The summed E-state index contributed by atoms with van der Waals surface area (Å²) in [6, 6.07) is 0. The van der Waals surface area contributed by atoms with Crippen molar-refractivity contribution in [1.29, 1.82) is 0 Å². The molecule has 0 spiro atoms. The molecule has 0 fully saturated rings. The zero-order chi connectivity index (χ0) is 7.44. The van der Waals surface area contributed by atoms with Gasteiger partial charge in [-0.25, -0.2) is 4.79 Å². The van der Waals surface area contributed by atoms with Gasteiger partial charge in [0.05, 0.1) is 0 Å². The minimum atomic E-state index is -1.11. The van der Waals surface area contributed by atoms with Crippen LogP contribution in [0.2, 0.25) is 0 Å². The van der Waals surface area contributed by atoms with Gasteiger partial charge in [-0.15, -0.1) is 0 Å². The summed E-state index contributed by atoms with van der Waals surface area (Å²) < 4.78 is 3.88. The Hall–Kier alpha value is 0.341. The molecule has 0 aromatic heterocycles. The number of carbonyl (C=O) groups excluding carboxylic acids is 3. The van der Waals surface area contributed by atoms with E-state index in [0.717, 1.165) is 13.8 Å². The third-order valence-corrected chi connectivity index (χ3v) is 0.524. The normalized spacial score (nSPS) is 6.73. The first kappa shape index (κ1) is 17.4. The summed E-state index contributed by atoms with van der Waals surface area (Å²) in [6.07, 6.45) is 0. The molecule has 0 aliphatic rings. The molecule has 0 radical (unpaired) electrons. The van der Waals surface area contributed by atoms with Crippen LogP contribution in [0.5, 0.6) is 0 Å². The van der Waals surface area contributed by atoms with E-state index in [0.29, 0.717) is 0 Å². The number of ketones is 1. The van der Waals surface area contributed by atoms with Crippen molar-refractivity contribution in [3.05, 3.63) is 0 Å². The average Bonchev–Trinajstić information content (AvgIpc) is 1.63. The molecule has 0 aliphatic heterocycles. The van der Waals surface area contributed by atoms with E-state index in [4.69, 9.17) is 0 Å². The quantitative estimate of drug-likeness (QED) is 0.259. The van der Waals surface area contributed by atoms with Gasteiger partial charge in [-0.3, -0.25) is 9.59 Å². The summed E-state index contributed by atoms with van der Waals surface area (Å²) in [4.78, 5) is 30.2. The zero-order valence-corrected chi connectivity index (χ0v) is 10.8. The van der Waals surface area contributed by atoms with Gasteiger partial charge in [-0.1, -0.05) is 0 Å². The molecule has 0 unspecified atom stereocenters. The van der Waals surface area contributed by atoms with Gasteiger partial charge in [0.1, 0.15) is 0 Å². The first-order valence-electron chi connectivity index (χ1n) is 2.27. The van der Waals surface area contributed by atoms with Crippen LogP contribution in [0.15, 0.2) is 0 Å². The number of rotatable bonds is 1. The van der Waals surface area contributed by atoms with Crippen molar-refractivity contribution < 1.29 is 27.4 Å². The average molecular weight is 287 g/mol. The SMILES string of the molecule is CC(=O)OC(=O)C(C)=O.O.[Ba+2].[H-].[H-]. The first-order valence-corrected chi connectivity index (χ1v) is 2.27. The fourth-order valence-electron chi connectivity index (χ4n) is 0.202. The Kier molecular flexibility index (Phi) is 13.4. The number of Topliss-reactive ketones (excluding diaryl/α,β-unsaturated/α-hetero) is 1. The maximum Gasteiger partial charge on any atom is 2.00 e. The Morgan fingerprint density at radius 3 is 1.64 bits per heavy atom. The maximum atomic E-state index is 10.2. The van der Waals surface area contributed by atoms with E-state index in [1.165, 1.54) is 0 Å². The van der Waals surface area contributed by atoms with Gasteiger partial charge in [0, 0.05) is 13.8 Å². The van der Waals surface area contributed by atoms with Crippen molar-refractivity contribution in [1.82, 2.24) is 0 Å². The molecule has 0 saturated carbocycles. The smallest absolute Gasteiger partial charge is 1.00 e. The summed E-state index contributed by atoms with van der Waals surface area (Å²) >= 11 is 0. The van der Waals surface area contributed by atoms with Crippen molar-refractivity contribution >= 4 is 66.6 Å². The van der Waals surface area contributed by atoms with Gasteiger partial charge in [0.2, 0.25) is 5.78 Å². The van der Waals surface area contributed by atoms with Crippen LogP contribution in [0.3, 0.4) is 0 Å². The van der Waals surface area contributed by atoms with Crippen LogP contribution in [0.25, 0.3) is 0 Å². The van der Waals surface area contributed by atoms with E-state index >= 15 is 0 Å². The van der Waals surface area contributed by atoms with E-state index in [2.05, 4.69) is 4.74 Å². The number of hydrogen-bond donors (Lipinski definition) is 0. The van der Waals surface area contributed by atoms with Crippen LogP contribution in [-0.4, -0.2) is 72.1 Å². The molecule has 0 saturated heterocycles. The molecule has 0 aromatic rings. The number of carbonyl (C=O) groups is 3. The Bertz CT molecular complexity index is 172. The second-order valence-electron chi connectivity index (χ2n) is 1.44. The van der Waals surface area contributed by atoms with Crippen molar-refractivity contribution in [3.63, 3.8) is 0 Å². The van der Waals surface area contributed by atoms with Crippen LogP contribution >= 0.6 is 0 Å². The summed E-state index contributed by atoms with van der Waals surface area (Å²) in [5, 5.41) is 0. The first-order chi connectivity index (χ1) is 4.04. The van der Waals surface area contributed by atoms with Crippen molar-refractivity contribution in [2.24, 2.45) is 0 Å². The molecule has 11 heavy (non-hydrogen) atoms. The standard InChI is InChI=1S/C5H6O4.Ba.H2O.2H/c1-3(6)5(8)9-4(2)7;;;;/h1-2H3;;1H2;;/q;+2;;2*-1. The Labute approximate surface area is 107 Å². The van der Waals surface area contributed by atoms with Crippen molar-refractivity contribution in [3.8, 4) is 0 Å². The number of ether oxygens (including phenoxy) is 1. The molecule has 0 atom stereocenters. The Morgan fingerprint density at radius 1 is 1.18 bits per heavy atom. The van der Waals surface area contributed by atoms with Crippen LogP contribution in [0.4, 0.5) is 0 Å². The maximum absolute atomic E-state index is 10.2. The van der Waals surface area contributed by atoms with Gasteiger partial charge < -0.3 is 13.1 Å². The topological polar surface area (TPSA) is 91.9 Å². The van der Waals surface area contributed by atoms with Gasteiger partial charge in [0.15, 0.2) is 0 Å². The van der Waals surface area contributed by atoms with E-state index in [1.807, 2.05) is 0 Å². The van der Waals surface area contributed by atoms with Gasteiger partial charge in [-0.05, 0) is 0 Å². The van der Waals surface area contributed by atoms with E-state index in [-0.39, 0.29) is 57.2 Å². The molecule has 5 nitrogen and oxygen atoms in total. The molecule has 2 N–H and O–H groups in total. The second-order valence-corrected chi connectivity index (χ2v) is 1.44. The van der Waals surface area contributed by atoms with Crippen molar-refractivity contribution in [2.45, 2.75) is 13.8 Å². The summed E-state index contributed by atoms with van der Waals surface area (Å²) in [5.41, 5.74) is 0. The molecule has 0 amide bonds. The minimum Gasteiger partial charge on any atom is -1.00 e. The van der Waals surface area contributed by atoms with Crippen LogP contribution < -0.4 is 0 Å². The van der Waals surface area contributed by atoms with Crippen LogP contribution in [0.1, 0.15) is 16.7 Å². The molecule has 0 aliphatic carbocycles. The molecule has 0 heterocycles. The molecular weight excluding hydrogens is 277 g/mol. The predicted molar refractivity (Wildman–Crippen MR) is 39.0 cm³/mol. The molecule has 0 bridgehead atoms. The van der Waals surface area contributed by atoms with E-state index < -0.39 is 17.7 Å². The monoisotopic (exact) mass is 288 g/mol. The summed E-state index contributed by atoms with van der Waals surface area (Å²) in [7, 11) is 0. The van der Waals surface area contributed by atoms with Crippen LogP contribution in [0, 0.1) is 0 Å². The molecule has 6 heteroatoms. The Balaban J connectivity index is -0.0000000533.